The van der Waals surface area contributed by atoms with E-state index in [1.54, 1.807) is 11.0 Å². The predicted octanol–water partition coefficient (Wildman–Crippen LogP) is 2.37. The van der Waals surface area contributed by atoms with E-state index in [9.17, 15) is 4.79 Å². The van der Waals surface area contributed by atoms with E-state index in [0.29, 0.717) is 12.1 Å². The highest BCUT2D eigenvalue weighted by Gasteiger charge is 2.11. The molecule has 3 aromatic rings. The van der Waals surface area contributed by atoms with Gasteiger partial charge < -0.3 is 10.3 Å². The van der Waals surface area contributed by atoms with E-state index in [2.05, 4.69) is 27.3 Å². The average Bonchev–Trinajstić information content (AvgIpc) is 3.14. The summed E-state index contributed by atoms with van der Waals surface area (Å²) in [6.07, 6.45) is 3.13. The van der Waals surface area contributed by atoms with Crippen molar-refractivity contribution in [2.24, 2.45) is 0 Å². The number of fused-ring (bicyclic) bond motifs is 1. The molecule has 1 aromatic carbocycles. The molecule has 0 radical (unpaired) electrons. The first kappa shape index (κ1) is 14.3. The maximum absolute atomic E-state index is 12.3. The van der Waals surface area contributed by atoms with Crippen molar-refractivity contribution in [1.29, 1.82) is 0 Å². The third-order valence-corrected chi connectivity index (χ3v) is 4.02. The van der Waals surface area contributed by atoms with Crippen molar-refractivity contribution in [1.82, 2.24) is 25.1 Å². The van der Waals surface area contributed by atoms with Crippen molar-refractivity contribution < 1.29 is 4.79 Å². The topological polar surface area (TPSA) is 75.6 Å². The maximum Gasteiger partial charge on any atom is 0.251 e. The van der Waals surface area contributed by atoms with Crippen LogP contribution in [0.4, 0.5) is 0 Å². The summed E-state index contributed by atoms with van der Waals surface area (Å²) < 4.78 is 1.72. The predicted molar refractivity (Wildman–Crippen MR) is 84.8 cm³/mol. The summed E-state index contributed by atoms with van der Waals surface area (Å²) in [6, 6.07) is 5.80. The smallest absolute Gasteiger partial charge is 0.251 e. The van der Waals surface area contributed by atoms with Crippen LogP contribution in [0.25, 0.3) is 10.9 Å². The number of aromatic amines is 1. The van der Waals surface area contributed by atoms with E-state index < -0.39 is 0 Å². The molecule has 0 bridgehead atoms. The normalized spacial score (nSPS) is 12.5. The number of carbonyl (C=O) groups excluding carboxylic acids is 1. The summed E-state index contributed by atoms with van der Waals surface area (Å²) >= 11 is 0. The van der Waals surface area contributed by atoms with Gasteiger partial charge in [0.25, 0.3) is 5.91 Å². The SMILES string of the molecule is Cc1[nH]c2cc(C(=O)NCC(C)n3cncn3)ccc2c1C. The second-order valence-corrected chi connectivity index (χ2v) is 5.57. The monoisotopic (exact) mass is 297 g/mol. The molecule has 1 amide bonds. The van der Waals surface area contributed by atoms with E-state index in [1.807, 2.05) is 32.0 Å². The van der Waals surface area contributed by atoms with Crippen LogP contribution in [0.2, 0.25) is 0 Å². The molecule has 0 saturated heterocycles. The molecule has 0 aliphatic carbocycles. The highest BCUT2D eigenvalue weighted by molar-refractivity contribution is 5.98. The molecule has 3 rings (SSSR count). The summed E-state index contributed by atoms with van der Waals surface area (Å²) in [5.41, 5.74) is 4.00. The molecule has 2 aromatic heterocycles. The summed E-state index contributed by atoms with van der Waals surface area (Å²) in [4.78, 5) is 19.5. The molecule has 114 valence electrons. The Balaban J connectivity index is 1.72. The minimum Gasteiger partial charge on any atom is -0.358 e. The lowest BCUT2D eigenvalue weighted by molar-refractivity contribution is 0.0948. The molecule has 0 saturated carbocycles. The quantitative estimate of drug-likeness (QED) is 0.776. The van der Waals surface area contributed by atoms with Crippen molar-refractivity contribution in [3.8, 4) is 0 Å². The van der Waals surface area contributed by atoms with Crippen LogP contribution in [0.15, 0.2) is 30.9 Å². The number of nitrogens with one attached hydrogen (secondary N) is 2. The van der Waals surface area contributed by atoms with Crippen molar-refractivity contribution in [3.05, 3.63) is 47.7 Å². The Morgan fingerprint density at radius 1 is 1.41 bits per heavy atom. The van der Waals surface area contributed by atoms with Crippen LogP contribution in [0.5, 0.6) is 0 Å². The van der Waals surface area contributed by atoms with Crippen LogP contribution in [0.3, 0.4) is 0 Å². The molecule has 1 unspecified atom stereocenters. The molecule has 6 heteroatoms. The van der Waals surface area contributed by atoms with Gasteiger partial charge in [-0.2, -0.15) is 5.10 Å². The van der Waals surface area contributed by atoms with Gasteiger partial charge in [-0.1, -0.05) is 6.07 Å². The molecule has 0 fully saturated rings. The lowest BCUT2D eigenvalue weighted by Crippen LogP contribution is -2.29. The van der Waals surface area contributed by atoms with Crippen LogP contribution in [-0.2, 0) is 0 Å². The third kappa shape index (κ3) is 2.59. The zero-order chi connectivity index (χ0) is 15.7. The number of hydrogen-bond donors (Lipinski definition) is 2. The van der Waals surface area contributed by atoms with Crippen LogP contribution < -0.4 is 5.32 Å². The molecule has 0 spiro atoms. The molecule has 0 aliphatic rings. The Labute approximate surface area is 128 Å². The molecule has 6 nitrogen and oxygen atoms in total. The van der Waals surface area contributed by atoms with Gasteiger partial charge in [-0.3, -0.25) is 4.79 Å². The minimum atomic E-state index is -0.0845. The van der Waals surface area contributed by atoms with E-state index in [1.165, 1.54) is 11.9 Å². The number of carbonyl (C=O) groups is 1. The van der Waals surface area contributed by atoms with Gasteiger partial charge in [-0.05, 0) is 38.5 Å². The van der Waals surface area contributed by atoms with E-state index in [-0.39, 0.29) is 11.9 Å². The largest absolute Gasteiger partial charge is 0.358 e. The fraction of sp³-hybridized carbons (Fsp3) is 0.312. The number of H-pyrrole nitrogens is 1. The Morgan fingerprint density at radius 3 is 2.95 bits per heavy atom. The van der Waals surface area contributed by atoms with Gasteiger partial charge in [-0.25, -0.2) is 9.67 Å². The van der Waals surface area contributed by atoms with Crippen molar-refractivity contribution in [3.63, 3.8) is 0 Å². The molecular weight excluding hydrogens is 278 g/mol. The maximum atomic E-state index is 12.3. The fourth-order valence-electron chi connectivity index (χ4n) is 2.49. The average molecular weight is 297 g/mol. The third-order valence-electron chi connectivity index (χ3n) is 4.02. The second-order valence-electron chi connectivity index (χ2n) is 5.57. The van der Waals surface area contributed by atoms with Gasteiger partial charge in [0.2, 0.25) is 0 Å². The van der Waals surface area contributed by atoms with Gasteiger partial charge in [0.05, 0.1) is 6.04 Å². The highest BCUT2D eigenvalue weighted by Crippen LogP contribution is 2.22. The molecule has 22 heavy (non-hydrogen) atoms. The Morgan fingerprint density at radius 2 is 2.23 bits per heavy atom. The Bertz CT molecular complexity index is 803. The van der Waals surface area contributed by atoms with E-state index in [4.69, 9.17) is 0 Å². The summed E-state index contributed by atoms with van der Waals surface area (Å²) in [5, 5.41) is 8.16. The van der Waals surface area contributed by atoms with Crippen LogP contribution in [0, 0.1) is 13.8 Å². The lowest BCUT2D eigenvalue weighted by Gasteiger charge is -2.12. The first-order valence-electron chi connectivity index (χ1n) is 7.27. The summed E-state index contributed by atoms with van der Waals surface area (Å²) in [5.74, 6) is -0.0845. The summed E-state index contributed by atoms with van der Waals surface area (Å²) in [7, 11) is 0. The first-order valence-corrected chi connectivity index (χ1v) is 7.27. The molecular formula is C16H19N5O. The minimum absolute atomic E-state index is 0.0603. The Hall–Kier alpha value is -2.63. The van der Waals surface area contributed by atoms with Gasteiger partial charge in [0, 0.05) is 28.7 Å². The van der Waals surface area contributed by atoms with Crippen molar-refractivity contribution in [2.45, 2.75) is 26.8 Å². The number of nitrogens with zero attached hydrogens (tertiary/aromatic N) is 3. The van der Waals surface area contributed by atoms with Gasteiger partial charge >= 0.3 is 0 Å². The number of benzene rings is 1. The standard InChI is InChI=1S/C16H19N5O/c1-10(21-9-17-8-19-21)7-18-16(22)13-4-5-14-11(2)12(3)20-15(14)6-13/h4-6,8-10,20H,7H2,1-3H3,(H,18,22). The van der Waals surface area contributed by atoms with Crippen molar-refractivity contribution in [2.75, 3.05) is 6.54 Å². The van der Waals surface area contributed by atoms with E-state index >= 15 is 0 Å². The highest BCUT2D eigenvalue weighted by atomic mass is 16.1. The van der Waals surface area contributed by atoms with Gasteiger partial charge in [0.1, 0.15) is 12.7 Å². The number of aromatic nitrogens is 4. The number of amides is 1. The number of aryl methyl sites for hydroxylation is 2. The zero-order valence-corrected chi connectivity index (χ0v) is 12.9. The fourth-order valence-corrected chi connectivity index (χ4v) is 2.49. The second kappa shape index (κ2) is 5.63. The molecule has 2 N–H and O–H groups in total. The van der Waals surface area contributed by atoms with Crippen LogP contribution in [0.1, 0.15) is 34.6 Å². The number of rotatable bonds is 4. The van der Waals surface area contributed by atoms with E-state index in [0.717, 1.165) is 16.6 Å². The zero-order valence-electron chi connectivity index (χ0n) is 12.9. The molecule has 0 aliphatic heterocycles. The van der Waals surface area contributed by atoms with Gasteiger partial charge in [0.15, 0.2) is 0 Å². The van der Waals surface area contributed by atoms with Crippen molar-refractivity contribution >= 4 is 16.8 Å². The molecule has 2 heterocycles. The molecule has 1 atom stereocenters. The lowest BCUT2D eigenvalue weighted by atomic mass is 10.1. The summed E-state index contributed by atoms with van der Waals surface area (Å²) in [6.45, 7) is 6.60. The Kier molecular flexibility index (Phi) is 3.66. The van der Waals surface area contributed by atoms with Crippen LogP contribution in [-0.4, -0.2) is 32.2 Å². The van der Waals surface area contributed by atoms with Crippen LogP contribution >= 0.6 is 0 Å². The number of hydrogen-bond acceptors (Lipinski definition) is 3. The van der Waals surface area contributed by atoms with Gasteiger partial charge in [-0.15, -0.1) is 0 Å². The first-order chi connectivity index (χ1) is 10.6.